The Hall–Kier alpha value is -1.34. The van der Waals surface area contributed by atoms with Gasteiger partial charge in [-0.25, -0.2) is 4.79 Å². The number of likely N-dealkylation sites (N-methyl/N-ethyl adjacent to an activating group) is 1. The number of nitrogens with zero attached hydrogens (tertiary/aromatic N) is 1. The summed E-state index contributed by atoms with van der Waals surface area (Å²) in [7, 11) is 0. The van der Waals surface area contributed by atoms with Crippen molar-refractivity contribution < 1.29 is 19.8 Å². The monoisotopic (exact) mass is 315 g/mol. The summed E-state index contributed by atoms with van der Waals surface area (Å²) in [5.41, 5.74) is -0.964. The molecule has 0 aliphatic heterocycles. The van der Waals surface area contributed by atoms with Gasteiger partial charge in [0.05, 0.1) is 18.2 Å². The maximum atomic E-state index is 11.9. The van der Waals surface area contributed by atoms with Crippen molar-refractivity contribution in [3.05, 3.63) is 0 Å². The first-order valence-electron chi connectivity index (χ1n) is 7.92. The van der Waals surface area contributed by atoms with Gasteiger partial charge in [0.2, 0.25) is 0 Å². The largest absolute Gasteiger partial charge is 0.480 e. The van der Waals surface area contributed by atoms with Gasteiger partial charge >= 0.3 is 12.0 Å². The summed E-state index contributed by atoms with van der Waals surface area (Å²) in [5, 5.41) is 24.5. The number of hydrogen-bond donors (Lipinski definition) is 4. The number of carbonyl (C=O) groups is 2. The highest BCUT2D eigenvalue weighted by molar-refractivity contribution is 5.75. The molecule has 0 aromatic rings. The summed E-state index contributed by atoms with van der Waals surface area (Å²) < 4.78 is 0. The molecule has 1 rings (SSSR count). The molecule has 7 nitrogen and oxygen atoms in total. The maximum Gasteiger partial charge on any atom is 0.317 e. The van der Waals surface area contributed by atoms with Crippen LogP contribution in [-0.2, 0) is 4.79 Å². The van der Waals surface area contributed by atoms with Gasteiger partial charge in [-0.1, -0.05) is 13.8 Å². The lowest BCUT2D eigenvalue weighted by Gasteiger charge is -2.42. The number of aliphatic carboxylic acids is 1. The van der Waals surface area contributed by atoms with Gasteiger partial charge in [0.15, 0.2) is 0 Å². The molecule has 22 heavy (non-hydrogen) atoms. The molecule has 1 unspecified atom stereocenters. The van der Waals surface area contributed by atoms with Gasteiger partial charge in [0.1, 0.15) is 0 Å². The van der Waals surface area contributed by atoms with Gasteiger partial charge in [-0.05, 0) is 39.7 Å². The Morgan fingerprint density at radius 2 is 1.91 bits per heavy atom. The molecule has 4 N–H and O–H groups in total. The summed E-state index contributed by atoms with van der Waals surface area (Å²) in [6.45, 7) is 7.92. The first kappa shape index (κ1) is 18.7. The number of amides is 2. The van der Waals surface area contributed by atoms with Crippen molar-refractivity contribution in [2.24, 2.45) is 0 Å². The number of carbonyl (C=O) groups excluding carboxylic acids is 1. The number of aliphatic hydroxyl groups is 1. The third kappa shape index (κ3) is 5.46. The fourth-order valence-electron chi connectivity index (χ4n) is 2.84. The van der Waals surface area contributed by atoms with Gasteiger partial charge in [-0.3, -0.25) is 9.69 Å². The van der Waals surface area contributed by atoms with E-state index in [2.05, 4.69) is 10.6 Å². The lowest BCUT2D eigenvalue weighted by Crippen LogP contribution is -2.59. The minimum atomic E-state index is -0.964. The van der Waals surface area contributed by atoms with Gasteiger partial charge in [-0.15, -0.1) is 0 Å². The van der Waals surface area contributed by atoms with Crippen molar-refractivity contribution in [2.45, 2.75) is 70.7 Å². The van der Waals surface area contributed by atoms with Gasteiger partial charge in [0.25, 0.3) is 0 Å². The van der Waals surface area contributed by atoms with E-state index in [4.69, 9.17) is 5.11 Å². The SMILES string of the molecule is CCC(NC(=O)NC1CC(N(CC)CC(=O)O)C1)C(C)(C)O. The molecule has 1 saturated carbocycles. The molecule has 1 fully saturated rings. The van der Waals surface area contributed by atoms with E-state index in [1.807, 2.05) is 18.7 Å². The minimum absolute atomic E-state index is 0.0384. The Bertz CT molecular complexity index is 389. The Balaban J connectivity index is 2.36. The fraction of sp³-hybridized carbons (Fsp3) is 0.867. The van der Waals surface area contributed by atoms with Crippen LogP contribution in [0.1, 0.15) is 47.0 Å². The van der Waals surface area contributed by atoms with E-state index >= 15 is 0 Å². The van der Waals surface area contributed by atoms with Gasteiger partial charge < -0.3 is 20.8 Å². The Morgan fingerprint density at radius 3 is 2.32 bits per heavy atom. The predicted octanol–water partition coefficient (Wildman–Crippen LogP) is 0.773. The summed E-state index contributed by atoms with van der Waals surface area (Å²) in [4.78, 5) is 24.6. The minimum Gasteiger partial charge on any atom is -0.480 e. The van der Waals surface area contributed by atoms with Crippen LogP contribution in [-0.4, -0.2) is 63.9 Å². The quantitative estimate of drug-likeness (QED) is 0.530. The molecule has 0 aromatic heterocycles. The van der Waals surface area contributed by atoms with Gasteiger partial charge in [-0.2, -0.15) is 0 Å². The molecule has 1 aliphatic rings. The van der Waals surface area contributed by atoms with Crippen molar-refractivity contribution in [3.63, 3.8) is 0 Å². The zero-order valence-corrected chi connectivity index (χ0v) is 13.9. The normalized spacial score (nSPS) is 22.8. The highest BCUT2D eigenvalue weighted by Gasteiger charge is 2.35. The third-order valence-electron chi connectivity index (χ3n) is 4.28. The van der Waals surface area contributed by atoms with E-state index in [9.17, 15) is 14.7 Å². The van der Waals surface area contributed by atoms with Crippen molar-refractivity contribution >= 4 is 12.0 Å². The van der Waals surface area contributed by atoms with E-state index in [1.165, 1.54) is 0 Å². The Morgan fingerprint density at radius 1 is 1.32 bits per heavy atom. The molecule has 128 valence electrons. The zero-order chi connectivity index (χ0) is 16.9. The first-order chi connectivity index (χ1) is 10.2. The Kier molecular flexibility index (Phi) is 6.62. The van der Waals surface area contributed by atoms with Crippen LogP contribution in [0.3, 0.4) is 0 Å². The molecule has 0 heterocycles. The van der Waals surface area contributed by atoms with Gasteiger partial charge in [0, 0.05) is 12.1 Å². The van der Waals surface area contributed by atoms with Crippen LogP contribution in [0.2, 0.25) is 0 Å². The van der Waals surface area contributed by atoms with Crippen LogP contribution in [0.15, 0.2) is 0 Å². The summed E-state index contributed by atoms with van der Waals surface area (Å²) in [5.74, 6) is -0.827. The lowest BCUT2D eigenvalue weighted by atomic mass is 9.85. The van der Waals surface area contributed by atoms with Crippen molar-refractivity contribution in [3.8, 4) is 0 Å². The second kappa shape index (κ2) is 7.78. The standard InChI is InChI=1S/C15H29N3O4/c1-5-12(15(3,4)22)17-14(21)16-10-7-11(8-10)18(6-2)9-13(19)20/h10-12,22H,5-9H2,1-4H3,(H,19,20)(H2,16,17,21). The van der Waals surface area contributed by atoms with E-state index in [1.54, 1.807) is 13.8 Å². The highest BCUT2D eigenvalue weighted by atomic mass is 16.4. The van der Waals surface area contributed by atoms with E-state index in [0.29, 0.717) is 13.0 Å². The zero-order valence-electron chi connectivity index (χ0n) is 13.9. The van der Waals surface area contributed by atoms with Crippen molar-refractivity contribution in [2.75, 3.05) is 13.1 Å². The van der Waals surface area contributed by atoms with Crippen LogP contribution in [0.25, 0.3) is 0 Å². The average Bonchev–Trinajstić information content (AvgIpc) is 2.35. The number of carboxylic acid groups (broad SMARTS) is 1. The molecule has 0 saturated heterocycles. The molecular weight excluding hydrogens is 286 g/mol. The van der Waals surface area contributed by atoms with Crippen molar-refractivity contribution in [1.29, 1.82) is 0 Å². The molecule has 7 heteroatoms. The fourth-order valence-corrected chi connectivity index (χ4v) is 2.84. The summed E-state index contributed by atoms with van der Waals surface area (Å²) in [6.07, 6.45) is 2.16. The van der Waals surface area contributed by atoms with Crippen LogP contribution >= 0.6 is 0 Å². The first-order valence-corrected chi connectivity index (χ1v) is 7.92. The topological polar surface area (TPSA) is 102 Å². The molecule has 2 amide bonds. The predicted molar refractivity (Wildman–Crippen MR) is 83.7 cm³/mol. The van der Waals surface area contributed by atoms with Crippen molar-refractivity contribution in [1.82, 2.24) is 15.5 Å². The molecule has 0 radical (unpaired) electrons. The number of urea groups is 1. The highest BCUT2D eigenvalue weighted by Crippen LogP contribution is 2.25. The number of carboxylic acids is 1. The third-order valence-corrected chi connectivity index (χ3v) is 4.28. The number of nitrogens with one attached hydrogen (secondary N) is 2. The van der Waals surface area contributed by atoms with Crippen LogP contribution in [0.4, 0.5) is 4.79 Å². The number of rotatable bonds is 8. The summed E-state index contributed by atoms with van der Waals surface area (Å²) in [6, 6.07) is -0.309. The average molecular weight is 315 g/mol. The molecular formula is C15H29N3O4. The Labute approximate surface area is 132 Å². The van der Waals surface area contributed by atoms with E-state index in [-0.39, 0.29) is 30.7 Å². The van der Waals surface area contributed by atoms with E-state index in [0.717, 1.165) is 12.8 Å². The molecule has 0 aromatic carbocycles. The van der Waals surface area contributed by atoms with Crippen LogP contribution < -0.4 is 10.6 Å². The van der Waals surface area contributed by atoms with E-state index < -0.39 is 11.6 Å². The van der Waals surface area contributed by atoms with Crippen LogP contribution in [0.5, 0.6) is 0 Å². The second-order valence-electron chi connectivity index (χ2n) is 6.51. The summed E-state index contributed by atoms with van der Waals surface area (Å²) >= 11 is 0. The van der Waals surface area contributed by atoms with Crippen LogP contribution in [0, 0.1) is 0 Å². The smallest absolute Gasteiger partial charge is 0.317 e. The second-order valence-corrected chi connectivity index (χ2v) is 6.51. The number of hydrogen-bond acceptors (Lipinski definition) is 4. The molecule has 0 spiro atoms. The molecule has 0 bridgehead atoms. The lowest BCUT2D eigenvalue weighted by molar-refractivity contribution is -0.139. The molecule has 1 aliphatic carbocycles. The molecule has 1 atom stereocenters. The maximum absolute atomic E-state index is 11.9.